The fourth-order valence-corrected chi connectivity index (χ4v) is 2.46. The monoisotopic (exact) mass is 224 g/mol. The van der Waals surface area contributed by atoms with Crippen LogP contribution in [0.3, 0.4) is 0 Å². The van der Waals surface area contributed by atoms with Gasteiger partial charge in [-0.2, -0.15) is 0 Å². The Morgan fingerprint density at radius 3 is 2.38 bits per heavy atom. The van der Waals surface area contributed by atoms with Crippen LogP contribution in [0.4, 0.5) is 0 Å². The molecule has 0 amide bonds. The van der Waals surface area contributed by atoms with E-state index in [1.807, 2.05) is 13.8 Å². The standard InChI is InChI=1S/C14H24O2/c1-4-16-14(10-6-5-7-11-14)13(15)9-8-12(2)3/h2,4-11H2,1,3H3. The van der Waals surface area contributed by atoms with Crippen LogP contribution in [0.5, 0.6) is 0 Å². The van der Waals surface area contributed by atoms with E-state index < -0.39 is 5.60 Å². The Labute approximate surface area is 99.1 Å². The molecule has 1 fully saturated rings. The predicted octanol–water partition coefficient (Wildman–Crippen LogP) is 3.65. The number of allylic oxidation sites excluding steroid dienone is 1. The molecule has 0 aromatic heterocycles. The van der Waals surface area contributed by atoms with E-state index in [4.69, 9.17) is 4.74 Å². The zero-order chi connectivity index (χ0) is 12.0. The van der Waals surface area contributed by atoms with Crippen LogP contribution in [0.1, 0.15) is 58.8 Å². The summed E-state index contributed by atoms with van der Waals surface area (Å²) in [7, 11) is 0. The molecule has 0 aliphatic heterocycles. The van der Waals surface area contributed by atoms with Gasteiger partial charge in [0.1, 0.15) is 5.60 Å². The van der Waals surface area contributed by atoms with Crippen molar-refractivity contribution >= 4 is 5.78 Å². The van der Waals surface area contributed by atoms with E-state index in [0.717, 1.165) is 37.7 Å². The van der Waals surface area contributed by atoms with Gasteiger partial charge in [0.15, 0.2) is 5.78 Å². The quantitative estimate of drug-likeness (QED) is 0.644. The zero-order valence-electron chi connectivity index (χ0n) is 10.7. The molecule has 16 heavy (non-hydrogen) atoms. The van der Waals surface area contributed by atoms with Crippen LogP contribution in [0, 0.1) is 0 Å². The number of carbonyl (C=O) groups excluding carboxylic acids is 1. The van der Waals surface area contributed by atoms with Crippen molar-refractivity contribution in [2.24, 2.45) is 0 Å². The molecule has 0 N–H and O–H groups in total. The summed E-state index contributed by atoms with van der Waals surface area (Å²) in [6.07, 6.45) is 6.70. The van der Waals surface area contributed by atoms with Gasteiger partial charge in [0.2, 0.25) is 0 Å². The Kier molecular flexibility index (Phi) is 5.20. The van der Waals surface area contributed by atoms with Crippen LogP contribution in [0.2, 0.25) is 0 Å². The summed E-state index contributed by atoms with van der Waals surface area (Å²) in [4.78, 5) is 12.2. The van der Waals surface area contributed by atoms with Crippen molar-refractivity contribution in [2.45, 2.75) is 64.4 Å². The highest BCUT2D eigenvalue weighted by Gasteiger charge is 2.39. The minimum Gasteiger partial charge on any atom is -0.368 e. The van der Waals surface area contributed by atoms with E-state index in [1.165, 1.54) is 6.42 Å². The Morgan fingerprint density at radius 2 is 1.88 bits per heavy atom. The summed E-state index contributed by atoms with van der Waals surface area (Å²) < 4.78 is 5.79. The maximum Gasteiger partial charge on any atom is 0.164 e. The molecule has 2 nitrogen and oxygen atoms in total. The molecule has 0 aromatic rings. The first-order chi connectivity index (χ1) is 7.60. The van der Waals surface area contributed by atoms with Gasteiger partial charge in [-0.1, -0.05) is 24.8 Å². The second-order valence-corrected chi connectivity index (χ2v) is 4.87. The van der Waals surface area contributed by atoms with E-state index in [-0.39, 0.29) is 5.78 Å². The van der Waals surface area contributed by atoms with Gasteiger partial charge in [-0.25, -0.2) is 0 Å². The lowest BCUT2D eigenvalue weighted by Gasteiger charge is -2.35. The van der Waals surface area contributed by atoms with Crippen molar-refractivity contribution in [1.29, 1.82) is 0 Å². The summed E-state index contributed by atoms with van der Waals surface area (Å²) >= 11 is 0. The number of hydrogen-bond donors (Lipinski definition) is 0. The molecule has 0 heterocycles. The number of hydrogen-bond acceptors (Lipinski definition) is 2. The third-order valence-electron chi connectivity index (χ3n) is 3.37. The Balaban J connectivity index is 2.60. The van der Waals surface area contributed by atoms with Gasteiger partial charge in [0.05, 0.1) is 0 Å². The normalized spacial score (nSPS) is 19.4. The third kappa shape index (κ3) is 3.44. The smallest absolute Gasteiger partial charge is 0.164 e. The fraction of sp³-hybridized carbons (Fsp3) is 0.786. The third-order valence-corrected chi connectivity index (χ3v) is 3.37. The van der Waals surface area contributed by atoms with Crippen LogP contribution >= 0.6 is 0 Å². The lowest BCUT2D eigenvalue weighted by Crippen LogP contribution is -2.43. The lowest BCUT2D eigenvalue weighted by atomic mass is 9.80. The molecule has 1 aliphatic rings. The number of ether oxygens (including phenoxy) is 1. The van der Waals surface area contributed by atoms with Crippen LogP contribution in [0.15, 0.2) is 12.2 Å². The maximum atomic E-state index is 12.2. The minimum atomic E-state index is -0.456. The SMILES string of the molecule is C=C(C)CCC(=O)C1(OCC)CCCCC1. The molecule has 0 atom stereocenters. The number of rotatable bonds is 6. The minimum absolute atomic E-state index is 0.289. The van der Waals surface area contributed by atoms with Crippen molar-refractivity contribution in [1.82, 2.24) is 0 Å². The highest BCUT2D eigenvalue weighted by Crippen LogP contribution is 2.33. The van der Waals surface area contributed by atoms with Crippen LogP contribution in [-0.2, 0) is 9.53 Å². The molecule has 2 heteroatoms. The first-order valence-electron chi connectivity index (χ1n) is 6.42. The van der Waals surface area contributed by atoms with Crippen molar-refractivity contribution in [3.8, 4) is 0 Å². The van der Waals surface area contributed by atoms with Crippen molar-refractivity contribution < 1.29 is 9.53 Å². The molecule has 1 aliphatic carbocycles. The van der Waals surface area contributed by atoms with Crippen molar-refractivity contribution in [2.75, 3.05) is 6.61 Å². The first kappa shape index (κ1) is 13.4. The molecule has 0 unspecified atom stereocenters. The summed E-state index contributed by atoms with van der Waals surface area (Å²) in [5, 5.41) is 0. The molecule has 92 valence electrons. The van der Waals surface area contributed by atoms with E-state index in [2.05, 4.69) is 6.58 Å². The lowest BCUT2D eigenvalue weighted by molar-refractivity contribution is -0.148. The molecular weight excluding hydrogens is 200 g/mol. The van der Waals surface area contributed by atoms with Crippen LogP contribution < -0.4 is 0 Å². The average Bonchev–Trinajstić information content (AvgIpc) is 2.27. The molecule has 0 aromatic carbocycles. The molecular formula is C14H24O2. The summed E-state index contributed by atoms with van der Waals surface area (Å²) in [6, 6.07) is 0. The topological polar surface area (TPSA) is 26.3 Å². The Morgan fingerprint density at radius 1 is 1.25 bits per heavy atom. The van der Waals surface area contributed by atoms with E-state index in [0.29, 0.717) is 13.0 Å². The van der Waals surface area contributed by atoms with Gasteiger partial charge in [0, 0.05) is 13.0 Å². The fourth-order valence-electron chi connectivity index (χ4n) is 2.46. The van der Waals surface area contributed by atoms with E-state index in [9.17, 15) is 4.79 Å². The Bertz CT molecular complexity index is 244. The van der Waals surface area contributed by atoms with Crippen LogP contribution in [-0.4, -0.2) is 18.0 Å². The first-order valence-corrected chi connectivity index (χ1v) is 6.42. The van der Waals surface area contributed by atoms with Crippen LogP contribution in [0.25, 0.3) is 0 Å². The predicted molar refractivity (Wildman–Crippen MR) is 66.5 cm³/mol. The zero-order valence-corrected chi connectivity index (χ0v) is 10.7. The van der Waals surface area contributed by atoms with Crippen molar-refractivity contribution in [3.05, 3.63) is 12.2 Å². The molecule has 1 rings (SSSR count). The average molecular weight is 224 g/mol. The summed E-state index contributed by atoms with van der Waals surface area (Å²) in [6.45, 7) is 8.43. The van der Waals surface area contributed by atoms with Gasteiger partial charge in [-0.15, -0.1) is 6.58 Å². The number of Topliss-reactive ketones (excluding diaryl/α,β-unsaturated/α-hetero) is 1. The number of carbonyl (C=O) groups is 1. The molecule has 0 radical (unpaired) electrons. The van der Waals surface area contributed by atoms with Gasteiger partial charge < -0.3 is 4.74 Å². The van der Waals surface area contributed by atoms with E-state index >= 15 is 0 Å². The second-order valence-electron chi connectivity index (χ2n) is 4.87. The molecule has 0 saturated heterocycles. The van der Waals surface area contributed by atoms with Gasteiger partial charge in [-0.05, 0) is 33.1 Å². The van der Waals surface area contributed by atoms with Crippen molar-refractivity contribution in [3.63, 3.8) is 0 Å². The second kappa shape index (κ2) is 6.19. The molecule has 0 bridgehead atoms. The highest BCUT2D eigenvalue weighted by atomic mass is 16.5. The number of ketones is 1. The van der Waals surface area contributed by atoms with Gasteiger partial charge >= 0.3 is 0 Å². The molecule has 1 saturated carbocycles. The van der Waals surface area contributed by atoms with Gasteiger partial charge in [0.25, 0.3) is 0 Å². The van der Waals surface area contributed by atoms with Gasteiger partial charge in [-0.3, -0.25) is 4.79 Å². The highest BCUT2D eigenvalue weighted by molar-refractivity contribution is 5.87. The maximum absolute atomic E-state index is 12.2. The molecule has 0 spiro atoms. The van der Waals surface area contributed by atoms with E-state index in [1.54, 1.807) is 0 Å². The Hall–Kier alpha value is -0.630. The largest absolute Gasteiger partial charge is 0.368 e. The summed E-state index contributed by atoms with van der Waals surface area (Å²) in [5.41, 5.74) is 0.624. The summed E-state index contributed by atoms with van der Waals surface area (Å²) in [5.74, 6) is 0.289.